The van der Waals surface area contributed by atoms with Crippen LogP contribution in [0.1, 0.15) is 0 Å². The third-order valence-corrected chi connectivity index (χ3v) is 11.3. The standard InChI is InChI=1S/C50H32N2S/c1-4-13-33(14-5-1)36-23-24-38-28-39(26-25-37(38)27-36)46-32-47(52-50(51-46)35-17-8-3-9-18-35)42-30-40(34-15-6-2-7-16-34)29-41(31-42)43-20-12-21-45-44-19-10-11-22-48(44)53-49(43)45/h1-32H. The van der Waals surface area contributed by atoms with E-state index >= 15 is 0 Å². The van der Waals surface area contributed by atoms with Crippen LogP contribution in [-0.2, 0) is 0 Å². The van der Waals surface area contributed by atoms with Crippen LogP contribution < -0.4 is 0 Å². The fourth-order valence-corrected chi connectivity index (χ4v) is 8.62. The molecule has 8 aromatic carbocycles. The summed E-state index contributed by atoms with van der Waals surface area (Å²) in [6.07, 6.45) is 0. The van der Waals surface area contributed by atoms with Crippen LogP contribution >= 0.6 is 11.3 Å². The number of hydrogen-bond donors (Lipinski definition) is 0. The SMILES string of the molecule is c1ccc(-c2cc(-c3cc(-c4ccc5cc(-c6ccccc6)ccc5c4)nc(-c4ccccc4)n3)cc(-c3cccc4c3sc3ccccc34)c2)cc1. The number of benzene rings is 8. The lowest BCUT2D eigenvalue weighted by Gasteiger charge is -2.14. The molecule has 0 aliphatic rings. The summed E-state index contributed by atoms with van der Waals surface area (Å²) in [5.41, 5.74) is 12.0. The molecule has 0 aliphatic heterocycles. The van der Waals surface area contributed by atoms with Gasteiger partial charge in [-0.25, -0.2) is 9.97 Å². The number of nitrogens with zero attached hydrogens (tertiary/aromatic N) is 2. The van der Waals surface area contributed by atoms with E-state index in [1.165, 1.54) is 58.8 Å². The number of fused-ring (bicyclic) bond motifs is 4. The van der Waals surface area contributed by atoms with Crippen LogP contribution in [0.25, 0.3) is 98.2 Å². The highest BCUT2D eigenvalue weighted by Gasteiger charge is 2.16. The van der Waals surface area contributed by atoms with Crippen molar-refractivity contribution in [3.05, 3.63) is 194 Å². The summed E-state index contributed by atoms with van der Waals surface area (Å²) < 4.78 is 2.60. The van der Waals surface area contributed by atoms with E-state index < -0.39 is 0 Å². The summed E-state index contributed by atoms with van der Waals surface area (Å²) in [5.74, 6) is 0.705. The predicted octanol–water partition coefficient (Wildman–Crippen LogP) is 14.0. The average molecular weight is 693 g/mol. The molecule has 2 heterocycles. The number of aromatic nitrogens is 2. The van der Waals surface area contributed by atoms with Crippen molar-refractivity contribution in [3.63, 3.8) is 0 Å². The Morgan fingerprint density at radius 2 is 0.868 bits per heavy atom. The molecule has 248 valence electrons. The second-order valence-corrected chi connectivity index (χ2v) is 14.5. The van der Waals surface area contributed by atoms with E-state index in [2.05, 4.69) is 176 Å². The lowest BCUT2D eigenvalue weighted by molar-refractivity contribution is 1.18. The molecule has 0 aliphatic carbocycles. The Morgan fingerprint density at radius 1 is 0.321 bits per heavy atom. The highest BCUT2D eigenvalue weighted by atomic mass is 32.1. The first-order valence-corrected chi connectivity index (χ1v) is 18.7. The maximum Gasteiger partial charge on any atom is 0.160 e. The molecule has 0 amide bonds. The third kappa shape index (κ3) is 5.87. The zero-order chi connectivity index (χ0) is 35.1. The highest BCUT2D eigenvalue weighted by molar-refractivity contribution is 7.26. The molecular formula is C50H32N2S. The second kappa shape index (κ2) is 13.1. The van der Waals surface area contributed by atoms with Gasteiger partial charge in [0.25, 0.3) is 0 Å². The Balaban J connectivity index is 1.16. The highest BCUT2D eigenvalue weighted by Crippen LogP contribution is 2.42. The van der Waals surface area contributed by atoms with Crippen LogP contribution in [0.5, 0.6) is 0 Å². The van der Waals surface area contributed by atoms with Gasteiger partial charge in [0.1, 0.15) is 0 Å². The molecule has 0 unspecified atom stereocenters. The van der Waals surface area contributed by atoms with Gasteiger partial charge in [-0.1, -0.05) is 152 Å². The summed E-state index contributed by atoms with van der Waals surface area (Å²) in [6.45, 7) is 0. The zero-order valence-corrected chi connectivity index (χ0v) is 29.6. The Bertz CT molecular complexity index is 2930. The predicted molar refractivity (Wildman–Crippen MR) is 225 cm³/mol. The van der Waals surface area contributed by atoms with Gasteiger partial charge < -0.3 is 0 Å². The van der Waals surface area contributed by atoms with Gasteiger partial charge in [-0.2, -0.15) is 0 Å². The van der Waals surface area contributed by atoms with Crippen LogP contribution in [0.3, 0.4) is 0 Å². The van der Waals surface area contributed by atoms with Crippen molar-refractivity contribution >= 4 is 42.3 Å². The summed E-state index contributed by atoms with van der Waals surface area (Å²) in [6, 6.07) is 69.3. The van der Waals surface area contributed by atoms with Crippen molar-refractivity contribution in [2.75, 3.05) is 0 Å². The van der Waals surface area contributed by atoms with Gasteiger partial charge in [-0.3, -0.25) is 0 Å². The minimum absolute atomic E-state index is 0.705. The molecule has 0 spiro atoms. The molecule has 2 nitrogen and oxygen atoms in total. The molecule has 53 heavy (non-hydrogen) atoms. The molecular weight excluding hydrogens is 661 g/mol. The molecule has 0 N–H and O–H groups in total. The minimum Gasteiger partial charge on any atom is -0.228 e. The van der Waals surface area contributed by atoms with Crippen LogP contribution in [-0.4, -0.2) is 9.97 Å². The van der Waals surface area contributed by atoms with Crippen molar-refractivity contribution in [1.82, 2.24) is 9.97 Å². The van der Waals surface area contributed by atoms with Gasteiger partial charge in [-0.05, 0) is 86.6 Å². The molecule has 3 heteroatoms. The first-order chi connectivity index (χ1) is 26.2. The molecule has 0 bridgehead atoms. The normalized spacial score (nSPS) is 11.4. The molecule has 0 saturated carbocycles. The smallest absolute Gasteiger partial charge is 0.160 e. The van der Waals surface area contributed by atoms with E-state index in [0.717, 1.165) is 33.6 Å². The fraction of sp³-hybridized carbons (Fsp3) is 0. The van der Waals surface area contributed by atoms with Crippen LogP contribution in [0, 0.1) is 0 Å². The van der Waals surface area contributed by atoms with Gasteiger partial charge in [0, 0.05) is 36.9 Å². The molecule has 0 fully saturated rings. The summed E-state index contributed by atoms with van der Waals surface area (Å²) in [4.78, 5) is 10.5. The van der Waals surface area contributed by atoms with Crippen molar-refractivity contribution < 1.29 is 0 Å². The van der Waals surface area contributed by atoms with Gasteiger partial charge in [-0.15, -0.1) is 11.3 Å². The number of hydrogen-bond acceptors (Lipinski definition) is 3. The van der Waals surface area contributed by atoms with E-state index in [1.54, 1.807) is 0 Å². The summed E-state index contributed by atoms with van der Waals surface area (Å²) >= 11 is 1.86. The van der Waals surface area contributed by atoms with Gasteiger partial charge in [0.15, 0.2) is 5.82 Å². The lowest BCUT2D eigenvalue weighted by atomic mass is 9.93. The van der Waals surface area contributed by atoms with E-state index in [9.17, 15) is 0 Å². The van der Waals surface area contributed by atoms with Crippen LogP contribution in [0.4, 0.5) is 0 Å². The fourth-order valence-electron chi connectivity index (χ4n) is 7.38. The number of rotatable bonds is 6. The lowest BCUT2D eigenvalue weighted by Crippen LogP contribution is -1.96. The quantitative estimate of drug-likeness (QED) is 0.173. The van der Waals surface area contributed by atoms with Crippen LogP contribution in [0.15, 0.2) is 194 Å². The maximum atomic E-state index is 5.27. The average Bonchev–Trinajstić information content (AvgIpc) is 3.63. The number of thiophene rings is 1. The van der Waals surface area contributed by atoms with E-state index in [0.29, 0.717) is 5.82 Å². The molecule has 0 radical (unpaired) electrons. The molecule has 2 aromatic heterocycles. The third-order valence-electron chi connectivity index (χ3n) is 10.1. The van der Waals surface area contributed by atoms with Gasteiger partial charge >= 0.3 is 0 Å². The van der Waals surface area contributed by atoms with Crippen molar-refractivity contribution in [2.24, 2.45) is 0 Å². The van der Waals surface area contributed by atoms with E-state index in [4.69, 9.17) is 9.97 Å². The largest absolute Gasteiger partial charge is 0.228 e. The first kappa shape index (κ1) is 31.1. The Kier molecular flexibility index (Phi) is 7.71. The van der Waals surface area contributed by atoms with E-state index in [1.807, 2.05) is 29.5 Å². The van der Waals surface area contributed by atoms with E-state index in [-0.39, 0.29) is 0 Å². The van der Waals surface area contributed by atoms with Crippen LogP contribution in [0.2, 0.25) is 0 Å². The summed E-state index contributed by atoms with van der Waals surface area (Å²) in [7, 11) is 0. The summed E-state index contributed by atoms with van der Waals surface area (Å²) in [5, 5.41) is 4.96. The maximum absolute atomic E-state index is 5.27. The van der Waals surface area contributed by atoms with Crippen molar-refractivity contribution in [2.45, 2.75) is 0 Å². The molecule has 10 rings (SSSR count). The Labute approximate surface area is 312 Å². The zero-order valence-electron chi connectivity index (χ0n) is 28.8. The van der Waals surface area contributed by atoms with Crippen molar-refractivity contribution in [1.29, 1.82) is 0 Å². The molecule has 0 saturated heterocycles. The Morgan fingerprint density at radius 3 is 1.60 bits per heavy atom. The first-order valence-electron chi connectivity index (χ1n) is 17.9. The Hall–Kier alpha value is -6.68. The van der Waals surface area contributed by atoms with Gasteiger partial charge in [0.05, 0.1) is 11.4 Å². The minimum atomic E-state index is 0.705. The van der Waals surface area contributed by atoms with Crippen molar-refractivity contribution in [3.8, 4) is 67.3 Å². The monoisotopic (exact) mass is 692 g/mol. The van der Waals surface area contributed by atoms with Gasteiger partial charge in [0.2, 0.25) is 0 Å². The topological polar surface area (TPSA) is 25.8 Å². The molecule has 0 atom stereocenters. The molecule has 10 aromatic rings. The second-order valence-electron chi connectivity index (χ2n) is 13.4.